The molecular weight excluding hydrogens is 231 g/mol. The Morgan fingerprint density at radius 3 is 2.62 bits per heavy atom. The third-order valence-corrected chi connectivity index (χ3v) is 2.54. The van der Waals surface area contributed by atoms with E-state index < -0.39 is 18.0 Å². The maximum Gasteiger partial charge on any atom is 0.152 e. The smallest absolute Gasteiger partial charge is 0.152 e. The molecule has 2 atom stereocenters. The first kappa shape index (κ1) is 13.2. The molecule has 0 aromatic heterocycles. The van der Waals surface area contributed by atoms with Crippen LogP contribution in [0.2, 0.25) is 0 Å². The van der Waals surface area contributed by atoms with Crippen LogP contribution in [0.15, 0.2) is 18.2 Å². The highest BCUT2D eigenvalue weighted by Crippen LogP contribution is 2.21. The summed E-state index contributed by atoms with van der Waals surface area (Å²) in [6.45, 7) is 0. The third-order valence-electron chi connectivity index (χ3n) is 2.28. The van der Waals surface area contributed by atoms with E-state index >= 15 is 0 Å². The molecule has 0 aliphatic carbocycles. The molecule has 5 heteroatoms. The second kappa shape index (κ2) is 5.98. The minimum atomic E-state index is -1.16. The highest BCUT2D eigenvalue weighted by atomic mass is 32.1. The Morgan fingerprint density at radius 1 is 1.44 bits per heavy atom. The van der Waals surface area contributed by atoms with Gasteiger partial charge in [0.1, 0.15) is 11.9 Å². The van der Waals surface area contributed by atoms with E-state index in [-0.39, 0.29) is 11.1 Å². The van der Waals surface area contributed by atoms with Crippen molar-refractivity contribution in [3.63, 3.8) is 0 Å². The monoisotopic (exact) mass is 244 g/mol. The molecule has 0 saturated heterocycles. The van der Waals surface area contributed by atoms with Crippen LogP contribution >= 0.6 is 12.6 Å². The second-order valence-corrected chi connectivity index (χ2v) is 3.87. The Balaban J connectivity index is 2.88. The van der Waals surface area contributed by atoms with E-state index in [4.69, 9.17) is 0 Å². The van der Waals surface area contributed by atoms with Gasteiger partial charge in [-0.05, 0) is 29.9 Å². The number of hydrogen-bond acceptors (Lipinski definition) is 4. The van der Waals surface area contributed by atoms with Gasteiger partial charge in [-0.1, -0.05) is 6.07 Å². The molecule has 2 unspecified atom stereocenters. The molecule has 16 heavy (non-hydrogen) atoms. The zero-order chi connectivity index (χ0) is 12.1. The van der Waals surface area contributed by atoms with Crippen molar-refractivity contribution in [3.05, 3.63) is 35.1 Å². The fourth-order valence-corrected chi connectivity index (χ4v) is 1.60. The summed E-state index contributed by atoms with van der Waals surface area (Å²) in [7, 11) is 0. The maximum atomic E-state index is 13.2. The summed E-state index contributed by atoms with van der Waals surface area (Å²) >= 11 is 3.93. The molecule has 0 fully saturated rings. The highest BCUT2D eigenvalue weighted by molar-refractivity contribution is 7.80. The molecule has 1 aromatic rings. The van der Waals surface area contributed by atoms with Crippen molar-refractivity contribution in [2.24, 2.45) is 0 Å². The van der Waals surface area contributed by atoms with Crippen molar-refractivity contribution in [1.29, 1.82) is 0 Å². The number of benzene rings is 1. The second-order valence-electron chi connectivity index (χ2n) is 3.42. The van der Waals surface area contributed by atoms with Gasteiger partial charge in [-0.2, -0.15) is 12.6 Å². The Hall–Kier alpha value is -0.910. The lowest BCUT2D eigenvalue weighted by atomic mass is 10.0. The molecule has 0 bridgehead atoms. The quantitative estimate of drug-likeness (QED) is 0.541. The summed E-state index contributed by atoms with van der Waals surface area (Å²) in [6, 6.07) is 3.74. The number of carbonyl (C=O) groups excluding carboxylic acids is 1. The summed E-state index contributed by atoms with van der Waals surface area (Å²) in [5, 5.41) is 19.2. The van der Waals surface area contributed by atoms with Crippen LogP contribution in [0.5, 0.6) is 0 Å². The van der Waals surface area contributed by atoms with Gasteiger partial charge >= 0.3 is 0 Å². The Bertz CT molecular complexity index is 370. The van der Waals surface area contributed by atoms with Crippen molar-refractivity contribution >= 4 is 18.9 Å². The molecule has 1 aromatic carbocycles. The van der Waals surface area contributed by atoms with Crippen LogP contribution in [-0.2, 0) is 0 Å². The molecule has 3 nitrogen and oxygen atoms in total. The van der Waals surface area contributed by atoms with Crippen LogP contribution in [0.1, 0.15) is 28.4 Å². The number of hydrogen-bond donors (Lipinski definition) is 3. The average Bonchev–Trinajstić information content (AvgIpc) is 2.28. The van der Waals surface area contributed by atoms with E-state index in [0.717, 1.165) is 6.07 Å². The van der Waals surface area contributed by atoms with Gasteiger partial charge in [-0.3, -0.25) is 4.79 Å². The normalized spacial score (nSPS) is 14.5. The fraction of sp³-hybridized carbons (Fsp3) is 0.364. The first-order valence-electron chi connectivity index (χ1n) is 4.81. The average molecular weight is 244 g/mol. The lowest BCUT2D eigenvalue weighted by Gasteiger charge is -2.17. The van der Waals surface area contributed by atoms with Crippen molar-refractivity contribution in [2.45, 2.75) is 18.6 Å². The number of aliphatic hydroxyl groups is 2. The first-order chi connectivity index (χ1) is 7.60. The molecule has 0 saturated carbocycles. The molecule has 2 N–H and O–H groups in total. The summed E-state index contributed by atoms with van der Waals surface area (Å²) in [6.07, 6.45) is -1.45. The molecule has 0 radical (unpaired) electrons. The molecule has 0 spiro atoms. The van der Waals surface area contributed by atoms with Gasteiger partial charge in [-0.25, -0.2) is 4.39 Å². The Labute approximate surface area is 98.3 Å². The third kappa shape index (κ3) is 3.04. The van der Waals surface area contributed by atoms with E-state index in [1.165, 1.54) is 12.1 Å². The molecule has 88 valence electrons. The van der Waals surface area contributed by atoms with Crippen molar-refractivity contribution < 1.29 is 19.4 Å². The first-order valence-corrected chi connectivity index (χ1v) is 5.45. The summed E-state index contributed by atoms with van der Waals surface area (Å²) < 4.78 is 13.2. The van der Waals surface area contributed by atoms with Gasteiger partial charge in [-0.15, -0.1) is 0 Å². The number of aliphatic hydroxyl groups excluding tert-OH is 2. The lowest BCUT2D eigenvalue weighted by molar-refractivity contribution is 0.0171. The van der Waals surface area contributed by atoms with Crippen molar-refractivity contribution in [1.82, 2.24) is 0 Å². The van der Waals surface area contributed by atoms with E-state index in [2.05, 4.69) is 12.6 Å². The topological polar surface area (TPSA) is 57.5 Å². The number of rotatable bonds is 5. The van der Waals surface area contributed by atoms with Gasteiger partial charge in [0.15, 0.2) is 6.29 Å². The van der Waals surface area contributed by atoms with Crippen LogP contribution in [0.4, 0.5) is 4.39 Å². The summed E-state index contributed by atoms with van der Waals surface area (Å²) in [5.41, 5.74) is 0.178. The fourth-order valence-electron chi connectivity index (χ4n) is 1.34. The minimum Gasteiger partial charge on any atom is -0.390 e. The minimum absolute atomic E-state index is 0.0698. The maximum absolute atomic E-state index is 13.2. The Kier molecular flexibility index (Phi) is 4.92. The molecule has 0 heterocycles. The van der Waals surface area contributed by atoms with E-state index in [0.29, 0.717) is 18.5 Å². The van der Waals surface area contributed by atoms with E-state index in [1.807, 2.05) is 0 Å². The van der Waals surface area contributed by atoms with Crippen LogP contribution in [0.3, 0.4) is 0 Å². The number of halogens is 1. The largest absolute Gasteiger partial charge is 0.390 e. The number of carbonyl (C=O) groups is 1. The van der Waals surface area contributed by atoms with Crippen LogP contribution in [-0.4, -0.2) is 28.4 Å². The Morgan fingerprint density at radius 2 is 2.12 bits per heavy atom. The van der Waals surface area contributed by atoms with Crippen LogP contribution < -0.4 is 0 Å². The van der Waals surface area contributed by atoms with Gasteiger partial charge in [0.2, 0.25) is 0 Å². The zero-order valence-electron chi connectivity index (χ0n) is 8.51. The van der Waals surface area contributed by atoms with Crippen molar-refractivity contribution in [2.75, 3.05) is 5.75 Å². The number of aldehydes is 1. The molecule has 1 rings (SSSR count). The van der Waals surface area contributed by atoms with Crippen LogP contribution in [0.25, 0.3) is 0 Å². The molecular formula is C11H13FO3S. The predicted molar refractivity (Wildman–Crippen MR) is 61.2 cm³/mol. The van der Waals surface area contributed by atoms with Gasteiger partial charge in [0.25, 0.3) is 0 Å². The molecule has 0 amide bonds. The van der Waals surface area contributed by atoms with Crippen LogP contribution in [0, 0.1) is 5.82 Å². The zero-order valence-corrected chi connectivity index (χ0v) is 9.40. The van der Waals surface area contributed by atoms with Gasteiger partial charge < -0.3 is 10.2 Å². The van der Waals surface area contributed by atoms with Gasteiger partial charge in [0.05, 0.1) is 11.7 Å². The molecule has 0 aliphatic heterocycles. The van der Waals surface area contributed by atoms with E-state index in [9.17, 15) is 19.4 Å². The van der Waals surface area contributed by atoms with Gasteiger partial charge in [0, 0.05) is 0 Å². The van der Waals surface area contributed by atoms with E-state index in [1.54, 1.807) is 0 Å². The number of thiol groups is 1. The predicted octanol–water partition coefficient (Wildman–Crippen LogP) is 1.35. The van der Waals surface area contributed by atoms with Crippen molar-refractivity contribution in [3.8, 4) is 0 Å². The highest BCUT2D eigenvalue weighted by Gasteiger charge is 2.18. The standard InChI is InChI=1S/C11H13FO3S/c12-9-5-7(1-2-8(9)6-13)11(15)10(14)3-4-16/h1-2,5-6,10-11,14-16H,3-4H2. The SMILES string of the molecule is O=Cc1ccc(C(O)C(O)CCS)cc1F. The lowest BCUT2D eigenvalue weighted by Crippen LogP contribution is -2.18. The summed E-state index contributed by atoms with van der Waals surface area (Å²) in [5.74, 6) is -0.280. The summed E-state index contributed by atoms with van der Waals surface area (Å²) in [4.78, 5) is 10.4. The molecule has 0 aliphatic rings.